The SMILES string of the molecule is CCCCC1CCC(CCOC)(CNCC(C)C)CC1. The first kappa shape index (κ1) is 18.0. The van der Waals surface area contributed by atoms with Crippen LogP contribution in [0.25, 0.3) is 0 Å². The van der Waals surface area contributed by atoms with Crippen molar-refractivity contribution in [3.05, 3.63) is 0 Å². The quantitative estimate of drug-likeness (QED) is 0.631. The van der Waals surface area contributed by atoms with E-state index in [1.54, 1.807) is 0 Å². The third-order valence-electron chi connectivity index (χ3n) is 5.02. The second-order valence-electron chi connectivity index (χ2n) is 7.35. The second-order valence-corrected chi connectivity index (χ2v) is 7.35. The molecule has 0 heterocycles. The Bertz CT molecular complexity index is 232. The number of unbranched alkanes of at least 4 members (excludes halogenated alkanes) is 1. The predicted molar refractivity (Wildman–Crippen MR) is 88.1 cm³/mol. The summed E-state index contributed by atoms with van der Waals surface area (Å²) < 4.78 is 5.36. The first-order valence-electron chi connectivity index (χ1n) is 8.81. The molecule has 0 atom stereocenters. The van der Waals surface area contributed by atoms with Gasteiger partial charge in [-0.05, 0) is 55.9 Å². The van der Waals surface area contributed by atoms with Crippen molar-refractivity contribution < 1.29 is 4.74 Å². The molecule has 1 aliphatic carbocycles. The van der Waals surface area contributed by atoms with Crippen molar-refractivity contribution >= 4 is 0 Å². The fraction of sp³-hybridized carbons (Fsp3) is 1.00. The molecule has 1 N–H and O–H groups in total. The third kappa shape index (κ3) is 6.58. The number of hydrogen-bond acceptors (Lipinski definition) is 2. The molecular weight excluding hydrogens is 246 g/mol. The minimum atomic E-state index is 0.508. The number of nitrogens with one attached hydrogen (secondary N) is 1. The van der Waals surface area contributed by atoms with Crippen molar-refractivity contribution in [1.29, 1.82) is 0 Å². The zero-order valence-electron chi connectivity index (χ0n) is 14.3. The number of rotatable bonds is 10. The van der Waals surface area contributed by atoms with E-state index < -0.39 is 0 Å². The molecule has 0 aromatic rings. The molecule has 1 aliphatic rings. The lowest BCUT2D eigenvalue weighted by Crippen LogP contribution is -2.39. The lowest BCUT2D eigenvalue weighted by molar-refractivity contribution is 0.0817. The highest BCUT2D eigenvalue weighted by Gasteiger charge is 2.34. The summed E-state index contributed by atoms with van der Waals surface area (Å²) >= 11 is 0. The summed E-state index contributed by atoms with van der Waals surface area (Å²) in [7, 11) is 1.84. The number of methoxy groups -OCH3 is 1. The monoisotopic (exact) mass is 283 g/mol. The minimum Gasteiger partial charge on any atom is -0.385 e. The van der Waals surface area contributed by atoms with E-state index in [-0.39, 0.29) is 0 Å². The average Bonchev–Trinajstić information content (AvgIpc) is 2.44. The van der Waals surface area contributed by atoms with E-state index in [0.717, 1.165) is 25.0 Å². The van der Waals surface area contributed by atoms with E-state index in [2.05, 4.69) is 26.1 Å². The topological polar surface area (TPSA) is 21.3 Å². The molecule has 1 rings (SSSR count). The molecule has 1 fully saturated rings. The molecule has 0 spiro atoms. The predicted octanol–water partition coefficient (Wildman–Crippen LogP) is 4.64. The average molecular weight is 284 g/mol. The van der Waals surface area contributed by atoms with Crippen LogP contribution in [-0.4, -0.2) is 26.8 Å². The Morgan fingerprint density at radius 1 is 1.25 bits per heavy atom. The van der Waals surface area contributed by atoms with Crippen molar-refractivity contribution in [3.8, 4) is 0 Å². The van der Waals surface area contributed by atoms with Gasteiger partial charge >= 0.3 is 0 Å². The first-order chi connectivity index (χ1) is 9.62. The van der Waals surface area contributed by atoms with Gasteiger partial charge in [-0.3, -0.25) is 0 Å². The molecule has 0 unspecified atom stereocenters. The van der Waals surface area contributed by atoms with Crippen molar-refractivity contribution in [2.24, 2.45) is 17.3 Å². The maximum Gasteiger partial charge on any atom is 0.0468 e. The number of ether oxygens (including phenoxy) is 1. The van der Waals surface area contributed by atoms with Gasteiger partial charge < -0.3 is 10.1 Å². The molecule has 0 aliphatic heterocycles. The molecular formula is C18H37NO. The van der Waals surface area contributed by atoms with E-state index >= 15 is 0 Å². The Hall–Kier alpha value is -0.0800. The summed E-state index contributed by atoms with van der Waals surface area (Å²) in [6, 6.07) is 0. The summed E-state index contributed by atoms with van der Waals surface area (Å²) in [4.78, 5) is 0. The zero-order chi connectivity index (χ0) is 14.8. The Labute approximate surface area is 127 Å². The molecule has 2 heteroatoms. The zero-order valence-corrected chi connectivity index (χ0v) is 14.3. The molecule has 20 heavy (non-hydrogen) atoms. The van der Waals surface area contributed by atoms with Gasteiger partial charge in [0.15, 0.2) is 0 Å². The first-order valence-corrected chi connectivity index (χ1v) is 8.81. The van der Waals surface area contributed by atoms with Crippen molar-refractivity contribution in [2.75, 3.05) is 26.8 Å². The Kier molecular flexibility index (Phi) is 8.79. The van der Waals surface area contributed by atoms with Crippen LogP contribution >= 0.6 is 0 Å². The standard InChI is InChI=1S/C18H37NO/c1-5-6-7-17-8-10-18(11-9-17,12-13-20-4)15-19-14-16(2)3/h16-17,19H,5-15H2,1-4H3. The van der Waals surface area contributed by atoms with E-state index in [1.165, 1.54) is 57.9 Å². The largest absolute Gasteiger partial charge is 0.385 e. The van der Waals surface area contributed by atoms with Crippen LogP contribution in [0.1, 0.15) is 72.1 Å². The van der Waals surface area contributed by atoms with E-state index in [4.69, 9.17) is 4.74 Å². The third-order valence-corrected chi connectivity index (χ3v) is 5.02. The van der Waals surface area contributed by atoms with Gasteiger partial charge in [0.1, 0.15) is 0 Å². The Balaban J connectivity index is 2.40. The van der Waals surface area contributed by atoms with Crippen LogP contribution in [0, 0.1) is 17.3 Å². The van der Waals surface area contributed by atoms with Crippen molar-refractivity contribution in [1.82, 2.24) is 5.32 Å². The highest BCUT2D eigenvalue weighted by atomic mass is 16.5. The molecule has 120 valence electrons. The van der Waals surface area contributed by atoms with Gasteiger partial charge in [0.2, 0.25) is 0 Å². The fourth-order valence-corrected chi connectivity index (χ4v) is 3.53. The molecule has 0 aromatic carbocycles. The molecule has 1 saturated carbocycles. The highest BCUT2D eigenvalue weighted by Crippen LogP contribution is 2.42. The van der Waals surface area contributed by atoms with Gasteiger partial charge in [-0.2, -0.15) is 0 Å². The summed E-state index contributed by atoms with van der Waals surface area (Å²) in [5.41, 5.74) is 0.508. The maximum atomic E-state index is 5.36. The minimum absolute atomic E-state index is 0.508. The lowest BCUT2D eigenvalue weighted by atomic mass is 9.67. The smallest absolute Gasteiger partial charge is 0.0468 e. The second kappa shape index (κ2) is 9.78. The van der Waals surface area contributed by atoms with Gasteiger partial charge in [0.05, 0.1) is 0 Å². The number of hydrogen-bond donors (Lipinski definition) is 1. The Morgan fingerprint density at radius 3 is 2.50 bits per heavy atom. The normalized spacial score (nSPS) is 27.1. The summed E-state index contributed by atoms with van der Waals surface area (Å²) in [6.07, 6.45) is 11.1. The van der Waals surface area contributed by atoms with Gasteiger partial charge in [0.25, 0.3) is 0 Å². The molecule has 0 aromatic heterocycles. The molecule has 0 amide bonds. The van der Waals surface area contributed by atoms with Crippen LogP contribution in [0.3, 0.4) is 0 Å². The highest BCUT2D eigenvalue weighted by molar-refractivity contribution is 4.87. The molecule has 0 saturated heterocycles. The maximum absolute atomic E-state index is 5.36. The van der Waals surface area contributed by atoms with Crippen LogP contribution in [0.2, 0.25) is 0 Å². The van der Waals surface area contributed by atoms with E-state index in [1.807, 2.05) is 7.11 Å². The molecule has 0 bridgehead atoms. The van der Waals surface area contributed by atoms with Crippen molar-refractivity contribution in [3.63, 3.8) is 0 Å². The fourth-order valence-electron chi connectivity index (χ4n) is 3.53. The van der Waals surface area contributed by atoms with Crippen molar-refractivity contribution in [2.45, 2.75) is 72.1 Å². The van der Waals surface area contributed by atoms with Gasteiger partial charge in [-0.15, -0.1) is 0 Å². The van der Waals surface area contributed by atoms with Gasteiger partial charge in [-0.25, -0.2) is 0 Å². The van der Waals surface area contributed by atoms with Crippen LogP contribution in [0.5, 0.6) is 0 Å². The molecule has 0 radical (unpaired) electrons. The van der Waals surface area contributed by atoms with Crippen LogP contribution in [-0.2, 0) is 4.74 Å². The van der Waals surface area contributed by atoms with Crippen LogP contribution in [0.4, 0.5) is 0 Å². The molecule has 2 nitrogen and oxygen atoms in total. The van der Waals surface area contributed by atoms with Crippen LogP contribution < -0.4 is 5.32 Å². The summed E-state index contributed by atoms with van der Waals surface area (Å²) in [5, 5.41) is 3.71. The van der Waals surface area contributed by atoms with E-state index in [9.17, 15) is 0 Å². The van der Waals surface area contributed by atoms with E-state index in [0.29, 0.717) is 5.41 Å². The summed E-state index contributed by atoms with van der Waals surface area (Å²) in [6.45, 7) is 10.1. The lowest BCUT2D eigenvalue weighted by Gasteiger charge is -2.41. The summed E-state index contributed by atoms with van der Waals surface area (Å²) in [5.74, 6) is 1.74. The van der Waals surface area contributed by atoms with Crippen LogP contribution in [0.15, 0.2) is 0 Å². The Morgan fingerprint density at radius 2 is 1.95 bits per heavy atom. The van der Waals surface area contributed by atoms with Gasteiger partial charge in [0, 0.05) is 20.3 Å². The van der Waals surface area contributed by atoms with Gasteiger partial charge in [-0.1, -0.05) is 40.0 Å².